The highest BCUT2D eigenvalue weighted by molar-refractivity contribution is 5.83. The molecule has 1 aliphatic heterocycles. The van der Waals surface area contributed by atoms with Crippen LogP contribution in [0.2, 0.25) is 0 Å². The van der Waals surface area contributed by atoms with Crippen LogP contribution in [0.3, 0.4) is 0 Å². The average molecular weight is 280 g/mol. The molecule has 2 rings (SSSR count). The standard InChI is InChI=1S/C15H21FN2O2/c1-4-17-10(2)11-5-6-13(12(16)9-11)20-14-7-8-18(3)15(14)19/h5-6,9-10,14,17H,4,7-8H2,1-3H3. The molecule has 1 fully saturated rings. The molecule has 0 aliphatic carbocycles. The molecule has 1 N–H and O–H groups in total. The van der Waals surface area contributed by atoms with Crippen LogP contribution in [0.4, 0.5) is 4.39 Å². The Bertz CT molecular complexity index is 493. The monoisotopic (exact) mass is 280 g/mol. The van der Waals surface area contributed by atoms with E-state index in [1.54, 1.807) is 18.0 Å². The molecule has 1 aliphatic rings. The van der Waals surface area contributed by atoms with Crippen LogP contribution in [0, 0.1) is 5.82 Å². The number of ether oxygens (including phenoxy) is 1. The van der Waals surface area contributed by atoms with Crippen molar-refractivity contribution in [3.05, 3.63) is 29.6 Å². The minimum absolute atomic E-state index is 0.0859. The maximum Gasteiger partial charge on any atom is 0.263 e. The highest BCUT2D eigenvalue weighted by Crippen LogP contribution is 2.25. The quantitative estimate of drug-likeness (QED) is 0.898. The fraction of sp³-hybridized carbons (Fsp3) is 0.533. The van der Waals surface area contributed by atoms with Gasteiger partial charge in [-0.1, -0.05) is 13.0 Å². The van der Waals surface area contributed by atoms with Gasteiger partial charge in [0, 0.05) is 26.1 Å². The van der Waals surface area contributed by atoms with E-state index in [-0.39, 0.29) is 17.7 Å². The fourth-order valence-corrected chi connectivity index (χ4v) is 2.36. The molecule has 0 aromatic heterocycles. The molecule has 0 saturated carbocycles. The van der Waals surface area contributed by atoms with Crippen molar-refractivity contribution in [2.45, 2.75) is 32.4 Å². The lowest BCUT2D eigenvalue weighted by atomic mass is 10.1. The van der Waals surface area contributed by atoms with Crippen molar-refractivity contribution in [1.29, 1.82) is 0 Å². The number of hydrogen-bond acceptors (Lipinski definition) is 3. The van der Waals surface area contributed by atoms with E-state index in [2.05, 4.69) is 5.32 Å². The molecular weight excluding hydrogens is 259 g/mol. The normalized spacial score (nSPS) is 20.3. The molecule has 1 aromatic carbocycles. The first-order chi connectivity index (χ1) is 9.52. The molecule has 1 amide bonds. The summed E-state index contributed by atoms with van der Waals surface area (Å²) in [5.74, 6) is -0.366. The van der Waals surface area contributed by atoms with Crippen LogP contribution < -0.4 is 10.1 Å². The van der Waals surface area contributed by atoms with E-state index in [0.29, 0.717) is 13.0 Å². The molecule has 110 valence electrons. The van der Waals surface area contributed by atoms with E-state index < -0.39 is 11.9 Å². The molecule has 1 saturated heterocycles. The third-order valence-corrected chi connectivity index (χ3v) is 3.61. The number of halogens is 1. The summed E-state index contributed by atoms with van der Waals surface area (Å²) in [6.45, 7) is 5.46. The number of carbonyl (C=O) groups excluding carboxylic acids is 1. The van der Waals surface area contributed by atoms with Gasteiger partial charge in [0.15, 0.2) is 17.7 Å². The molecule has 5 heteroatoms. The zero-order valence-corrected chi connectivity index (χ0v) is 12.1. The first-order valence-electron chi connectivity index (χ1n) is 6.97. The minimum atomic E-state index is -0.563. The van der Waals surface area contributed by atoms with Crippen LogP contribution in [0.5, 0.6) is 5.75 Å². The molecule has 0 radical (unpaired) electrons. The summed E-state index contributed by atoms with van der Waals surface area (Å²) in [5, 5.41) is 3.23. The number of nitrogens with one attached hydrogen (secondary N) is 1. The Labute approximate surface area is 118 Å². The van der Waals surface area contributed by atoms with Gasteiger partial charge in [-0.3, -0.25) is 4.79 Å². The van der Waals surface area contributed by atoms with E-state index in [9.17, 15) is 9.18 Å². The van der Waals surface area contributed by atoms with E-state index in [1.165, 1.54) is 6.07 Å². The SMILES string of the molecule is CCNC(C)c1ccc(OC2CCN(C)C2=O)c(F)c1. The van der Waals surface area contributed by atoms with Crippen molar-refractivity contribution in [3.63, 3.8) is 0 Å². The van der Waals surface area contributed by atoms with Crippen molar-refractivity contribution in [2.24, 2.45) is 0 Å². The summed E-state index contributed by atoms with van der Waals surface area (Å²) >= 11 is 0. The van der Waals surface area contributed by atoms with Crippen LogP contribution >= 0.6 is 0 Å². The number of likely N-dealkylation sites (tertiary alicyclic amines) is 1. The first kappa shape index (κ1) is 14.8. The molecular formula is C15H21FN2O2. The zero-order valence-electron chi connectivity index (χ0n) is 12.1. The van der Waals surface area contributed by atoms with Gasteiger partial charge in [0.05, 0.1) is 0 Å². The summed E-state index contributed by atoms with van der Waals surface area (Å²) in [7, 11) is 1.73. The van der Waals surface area contributed by atoms with Gasteiger partial charge in [-0.05, 0) is 31.2 Å². The van der Waals surface area contributed by atoms with Crippen LogP contribution in [-0.2, 0) is 4.79 Å². The summed E-state index contributed by atoms with van der Waals surface area (Å²) in [6, 6.07) is 4.98. The predicted molar refractivity (Wildman–Crippen MR) is 75.2 cm³/mol. The molecule has 2 atom stereocenters. The van der Waals surface area contributed by atoms with E-state index in [4.69, 9.17) is 4.74 Å². The van der Waals surface area contributed by atoms with Gasteiger partial charge < -0.3 is 15.0 Å². The molecule has 2 unspecified atom stereocenters. The second kappa shape index (κ2) is 6.22. The molecule has 0 bridgehead atoms. The first-order valence-corrected chi connectivity index (χ1v) is 6.97. The summed E-state index contributed by atoms with van der Waals surface area (Å²) < 4.78 is 19.5. The summed E-state index contributed by atoms with van der Waals surface area (Å²) in [6.07, 6.45) is 0.0381. The van der Waals surface area contributed by atoms with E-state index >= 15 is 0 Å². The zero-order chi connectivity index (χ0) is 14.7. The Kier molecular flexibility index (Phi) is 4.60. The van der Waals surface area contributed by atoms with Gasteiger partial charge in [0.25, 0.3) is 5.91 Å². The number of benzene rings is 1. The maximum absolute atomic E-state index is 14.1. The average Bonchev–Trinajstić information content (AvgIpc) is 2.73. The lowest BCUT2D eigenvalue weighted by Gasteiger charge is -2.16. The van der Waals surface area contributed by atoms with Gasteiger partial charge in [0.2, 0.25) is 0 Å². The number of amides is 1. The van der Waals surface area contributed by atoms with E-state index in [1.807, 2.05) is 19.9 Å². The van der Waals surface area contributed by atoms with Gasteiger partial charge in [-0.25, -0.2) is 4.39 Å². The number of hydrogen-bond donors (Lipinski definition) is 1. The van der Waals surface area contributed by atoms with Crippen LogP contribution in [0.1, 0.15) is 31.9 Å². The fourth-order valence-electron chi connectivity index (χ4n) is 2.36. The van der Waals surface area contributed by atoms with Gasteiger partial charge in [0.1, 0.15) is 0 Å². The molecule has 1 heterocycles. The number of carbonyl (C=O) groups is 1. The number of nitrogens with zero attached hydrogens (tertiary/aromatic N) is 1. The molecule has 4 nitrogen and oxygen atoms in total. The Morgan fingerprint density at radius 2 is 2.30 bits per heavy atom. The van der Waals surface area contributed by atoms with Gasteiger partial charge in [-0.15, -0.1) is 0 Å². The smallest absolute Gasteiger partial charge is 0.263 e. The third-order valence-electron chi connectivity index (χ3n) is 3.61. The van der Waals surface area contributed by atoms with Crippen LogP contribution in [0.25, 0.3) is 0 Å². The third kappa shape index (κ3) is 3.10. The molecule has 0 spiro atoms. The number of rotatable bonds is 5. The van der Waals surface area contributed by atoms with Gasteiger partial charge in [-0.2, -0.15) is 0 Å². The summed E-state index contributed by atoms with van der Waals surface area (Å²) in [5.41, 5.74) is 0.867. The van der Waals surface area contributed by atoms with Crippen LogP contribution in [-0.4, -0.2) is 37.0 Å². The minimum Gasteiger partial charge on any atom is -0.477 e. The maximum atomic E-state index is 14.1. The highest BCUT2D eigenvalue weighted by Gasteiger charge is 2.31. The lowest BCUT2D eigenvalue weighted by Crippen LogP contribution is -2.29. The van der Waals surface area contributed by atoms with Crippen molar-refractivity contribution >= 4 is 5.91 Å². The van der Waals surface area contributed by atoms with Crippen molar-refractivity contribution in [2.75, 3.05) is 20.1 Å². The predicted octanol–water partition coefficient (Wildman–Crippen LogP) is 2.11. The Hall–Kier alpha value is -1.62. The number of likely N-dealkylation sites (N-methyl/N-ethyl adjacent to an activating group) is 1. The Balaban J connectivity index is 2.08. The van der Waals surface area contributed by atoms with Crippen LogP contribution in [0.15, 0.2) is 18.2 Å². The Morgan fingerprint density at radius 1 is 1.55 bits per heavy atom. The highest BCUT2D eigenvalue weighted by atomic mass is 19.1. The topological polar surface area (TPSA) is 41.6 Å². The van der Waals surface area contributed by atoms with E-state index in [0.717, 1.165) is 12.1 Å². The van der Waals surface area contributed by atoms with Gasteiger partial charge >= 0.3 is 0 Å². The lowest BCUT2D eigenvalue weighted by molar-refractivity contribution is -0.132. The van der Waals surface area contributed by atoms with Crippen molar-refractivity contribution in [1.82, 2.24) is 10.2 Å². The second-order valence-electron chi connectivity index (χ2n) is 5.12. The second-order valence-corrected chi connectivity index (χ2v) is 5.12. The largest absolute Gasteiger partial charge is 0.477 e. The van der Waals surface area contributed by atoms with Crippen molar-refractivity contribution in [3.8, 4) is 5.75 Å². The Morgan fingerprint density at radius 3 is 2.85 bits per heavy atom. The molecule has 20 heavy (non-hydrogen) atoms. The van der Waals surface area contributed by atoms with Crippen molar-refractivity contribution < 1.29 is 13.9 Å². The molecule has 1 aromatic rings. The summed E-state index contributed by atoms with van der Waals surface area (Å²) in [4.78, 5) is 13.4.